The summed E-state index contributed by atoms with van der Waals surface area (Å²) < 4.78 is 16.4. The summed E-state index contributed by atoms with van der Waals surface area (Å²) in [5, 5.41) is 4.03. The zero-order valence-electron chi connectivity index (χ0n) is 19.8. The van der Waals surface area contributed by atoms with E-state index in [2.05, 4.69) is 17.2 Å². The number of thioether (sulfide) groups is 1. The van der Waals surface area contributed by atoms with E-state index in [1.165, 1.54) is 25.3 Å². The van der Waals surface area contributed by atoms with Gasteiger partial charge in [-0.15, -0.1) is 0 Å². The second kappa shape index (κ2) is 10.6. The van der Waals surface area contributed by atoms with E-state index in [1.54, 1.807) is 36.3 Å². The molecule has 4 aromatic rings. The van der Waals surface area contributed by atoms with Gasteiger partial charge in [0.25, 0.3) is 5.91 Å². The van der Waals surface area contributed by atoms with E-state index in [1.807, 2.05) is 41.0 Å². The summed E-state index contributed by atoms with van der Waals surface area (Å²) in [5.74, 6) is 0.991. The summed E-state index contributed by atoms with van der Waals surface area (Å²) in [6.45, 7) is 2.61. The maximum absolute atomic E-state index is 14.3. The van der Waals surface area contributed by atoms with Gasteiger partial charge in [0.1, 0.15) is 5.82 Å². The third-order valence-corrected chi connectivity index (χ3v) is 7.86. The average Bonchev–Trinajstić information content (AvgIpc) is 3.23. The quantitative estimate of drug-likeness (QED) is 0.314. The van der Waals surface area contributed by atoms with Gasteiger partial charge in [0.05, 0.1) is 23.8 Å². The molecule has 1 fully saturated rings. The Morgan fingerprint density at radius 3 is 2.71 bits per heavy atom. The van der Waals surface area contributed by atoms with Crippen LogP contribution in [-0.2, 0) is 12.3 Å². The summed E-state index contributed by atoms with van der Waals surface area (Å²) in [4.78, 5) is 21.7. The van der Waals surface area contributed by atoms with Gasteiger partial charge in [-0.3, -0.25) is 9.78 Å². The van der Waals surface area contributed by atoms with Gasteiger partial charge < -0.3 is 9.88 Å². The van der Waals surface area contributed by atoms with Crippen molar-refractivity contribution in [2.45, 2.75) is 56.1 Å². The summed E-state index contributed by atoms with van der Waals surface area (Å²) >= 11 is 1.60. The Balaban J connectivity index is 1.29. The molecule has 1 N–H and O–H groups in total. The molecule has 2 atom stereocenters. The molecule has 0 unspecified atom stereocenters. The molecule has 1 saturated carbocycles. The van der Waals surface area contributed by atoms with Crippen molar-refractivity contribution < 1.29 is 9.18 Å². The Bertz CT molecular complexity index is 1320. The zero-order chi connectivity index (χ0) is 24.2. The first-order valence-electron chi connectivity index (χ1n) is 12.1. The molecule has 35 heavy (non-hydrogen) atoms. The van der Waals surface area contributed by atoms with E-state index in [0.29, 0.717) is 29.3 Å². The highest BCUT2D eigenvalue weighted by Crippen LogP contribution is 2.28. The van der Waals surface area contributed by atoms with Crippen molar-refractivity contribution in [1.82, 2.24) is 19.9 Å². The number of hydrogen-bond acceptors (Lipinski definition) is 4. The number of fused-ring (bicyclic) bond motifs is 1. The molecule has 1 aliphatic rings. The van der Waals surface area contributed by atoms with Crippen LogP contribution in [0.5, 0.6) is 0 Å². The Hall–Kier alpha value is -3.19. The van der Waals surface area contributed by atoms with Crippen LogP contribution in [0.2, 0.25) is 0 Å². The predicted octanol–water partition coefficient (Wildman–Crippen LogP) is 6.22. The minimum Gasteiger partial charge on any atom is -0.349 e. The summed E-state index contributed by atoms with van der Waals surface area (Å²) in [6.07, 6.45) is 8.17. The highest BCUT2D eigenvalue weighted by atomic mass is 32.2. The van der Waals surface area contributed by atoms with Crippen LogP contribution in [-0.4, -0.2) is 26.5 Å². The first-order valence-corrected chi connectivity index (χ1v) is 13.1. The van der Waals surface area contributed by atoms with Crippen LogP contribution < -0.4 is 5.32 Å². The SMILES string of the molecule is C[C@@H]1CCCC[C@H]1NC(=O)c1ccc(CSc2nc3ccncc3n2Cc2ccccc2F)cc1. The summed E-state index contributed by atoms with van der Waals surface area (Å²) in [5.41, 5.74) is 4.11. The number of aromatic nitrogens is 3. The van der Waals surface area contributed by atoms with Crippen molar-refractivity contribution in [3.8, 4) is 0 Å². The number of imidazole rings is 1. The van der Waals surface area contributed by atoms with Crippen LogP contribution in [0.4, 0.5) is 4.39 Å². The topological polar surface area (TPSA) is 59.8 Å². The normalized spacial score (nSPS) is 18.0. The molecule has 1 aliphatic carbocycles. The number of halogens is 1. The fourth-order valence-electron chi connectivity index (χ4n) is 4.69. The van der Waals surface area contributed by atoms with Gasteiger partial charge in [-0.2, -0.15) is 0 Å². The maximum atomic E-state index is 14.3. The van der Waals surface area contributed by atoms with Crippen LogP contribution in [0.25, 0.3) is 11.0 Å². The first-order chi connectivity index (χ1) is 17.1. The van der Waals surface area contributed by atoms with E-state index in [4.69, 9.17) is 4.98 Å². The molecule has 0 bridgehead atoms. The lowest BCUT2D eigenvalue weighted by Gasteiger charge is -2.29. The fourth-order valence-corrected chi connectivity index (χ4v) is 5.66. The molecule has 0 spiro atoms. The Labute approximate surface area is 209 Å². The molecule has 0 radical (unpaired) electrons. The lowest BCUT2D eigenvalue weighted by molar-refractivity contribution is 0.0910. The first kappa shape index (κ1) is 23.5. The number of benzene rings is 2. The summed E-state index contributed by atoms with van der Waals surface area (Å²) in [7, 11) is 0. The fraction of sp³-hybridized carbons (Fsp3) is 0.321. The Morgan fingerprint density at radius 1 is 1.11 bits per heavy atom. The van der Waals surface area contributed by atoms with Gasteiger partial charge in [0.2, 0.25) is 0 Å². The second-order valence-electron chi connectivity index (χ2n) is 9.26. The number of hydrogen-bond donors (Lipinski definition) is 1. The molecule has 2 aromatic heterocycles. The van der Waals surface area contributed by atoms with Crippen molar-refractivity contribution in [1.29, 1.82) is 0 Å². The third-order valence-electron chi connectivity index (χ3n) is 6.81. The Kier molecular flexibility index (Phi) is 7.13. The van der Waals surface area contributed by atoms with Crippen molar-refractivity contribution in [3.63, 3.8) is 0 Å². The third kappa shape index (κ3) is 5.40. The number of nitrogens with one attached hydrogen (secondary N) is 1. The molecule has 1 amide bonds. The highest BCUT2D eigenvalue weighted by Gasteiger charge is 2.23. The molecule has 180 valence electrons. The average molecular weight is 489 g/mol. The van der Waals surface area contributed by atoms with Gasteiger partial charge in [-0.25, -0.2) is 9.37 Å². The Morgan fingerprint density at radius 2 is 1.91 bits per heavy atom. The van der Waals surface area contributed by atoms with Gasteiger partial charge in [-0.1, -0.05) is 61.9 Å². The second-order valence-corrected chi connectivity index (χ2v) is 10.2. The number of carbonyl (C=O) groups is 1. The molecular formula is C28H29FN4OS. The monoisotopic (exact) mass is 488 g/mol. The number of nitrogens with zero attached hydrogens (tertiary/aromatic N) is 3. The van der Waals surface area contributed by atoms with Crippen molar-refractivity contribution in [2.75, 3.05) is 0 Å². The molecule has 2 heterocycles. The molecular weight excluding hydrogens is 459 g/mol. The number of rotatable bonds is 7. The van der Waals surface area contributed by atoms with E-state index < -0.39 is 0 Å². The van der Waals surface area contributed by atoms with Gasteiger partial charge in [0.15, 0.2) is 5.16 Å². The minimum absolute atomic E-state index is 0.00198. The predicted molar refractivity (Wildman–Crippen MR) is 138 cm³/mol. The minimum atomic E-state index is -0.231. The maximum Gasteiger partial charge on any atom is 0.251 e. The smallest absolute Gasteiger partial charge is 0.251 e. The standard InChI is InChI=1S/C28H29FN4OS/c1-19-6-2-5-9-24(19)31-27(34)21-12-10-20(11-13-21)18-35-28-32-25-14-15-30-16-26(25)33(28)17-22-7-3-4-8-23(22)29/h3-4,7-8,10-16,19,24H,2,5-6,9,17-18H2,1H3,(H,31,34)/t19-,24-/m1/s1. The van der Waals surface area contributed by atoms with E-state index in [9.17, 15) is 9.18 Å². The summed E-state index contributed by atoms with van der Waals surface area (Å²) in [6, 6.07) is 16.7. The molecule has 7 heteroatoms. The molecule has 2 aromatic carbocycles. The van der Waals surface area contributed by atoms with Gasteiger partial charge >= 0.3 is 0 Å². The molecule has 5 rings (SSSR count). The lowest BCUT2D eigenvalue weighted by atomic mass is 9.86. The van der Waals surface area contributed by atoms with Crippen LogP contribution in [0, 0.1) is 11.7 Å². The number of carbonyl (C=O) groups excluding carboxylic acids is 1. The van der Waals surface area contributed by atoms with Crippen LogP contribution in [0.3, 0.4) is 0 Å². The van der Waals surface area contributed by atoms with Crippen molar-refractivity contribution in [3.05, 3.63) is 89.5 Å². The molecule has 5 nitrogen and oxygen atoms in total. The van der Waals surface area contributed by atoms with Gasteiger partial charge in [0, 0.05) is 29.1 Å². The molecule has 0 saturated heterocycles. The number of pyridine rings is 1. The highest BCUT2D eigenvalue weighted by molar-refractivity contribution is 7.98. The van der Waals surface area contributed by atoms with Crippen molar-refractivity contribution in [2.24, 2.45) is 5.92 Å². The van der Waals surface area contributed by atoms with E-state index >= 15 is 0 Å². The van der Waals surface area contributed by atoms with Crippen molar-refractivity contribution >= 4 is 28.7 Å². The zero-order valence-corrected chi connectivity index (χ0v) is 20.6. The lowest BCUT2D eigenvalue weighted by Crippen LogP contribution is -2.41. The van der Waals surface area contributed by atoms with Crippen LogP contribution in [0.1, 0.15) is 54.1 Å². The molecule has 0 aliphatic heterocycles. The van der Waals surface area contributed by atoms with E-state index in [0.717, 1.165) is 28.2 Å². The van der Waals surface area contributed by atoms with E-state index in [-0.39, 0.29) is 17.8 Å². The number of amides is 1. The van der Waals surface area contributed by atoms with Gasteiger partial charge in [-0.05, 0) is 48.6 Å². The van der Waals surface area contributed by atoms with Crippen LogP contribution in [0.15, 0.2) is 72.1 Å². The van der Waals surface area contributed by atoms with Crippen LogP contribution >= 0.6 is 11.8 Å². The largest absolute Gasteiger partial charge is 0.349 e.